The summed E-state index contributed by atoms with van der Waals surface area (Å²) in [5.74, 6) is -0.955. The Morgan fingerprint density at radius 3 is 2.85 bits per heavy atom. The van der Waals surface area contributed by atoms with Gasteiger partial charge in [-0.2, -0.15) is 0 Å². The molecule has 3 N–H and O–H groups in total. The molecule has 0 aliphatic heterocycles. The first-order valence-electron chi connectivity index (χ1n) is 6.05. The van der Waals surface area contributed by atoms with E-state index in [1.165, 1.54) is 12.1 Å². The summed E-state index contributed by atoms with van der Waals surface area (Å²) in [5, 5.41) is 2.71. The fourth-order valence-electron chi connectivity index (χ4n) is 1.84. The number of nitrogens with two attached hydrogens (primary N) is 1. The lowest BCUT2D eigenvalue weighted by atomic mass is 10.1. The van der Waals surface area contributed by atoms with Gasteiger partial charge >= 0.3 is 0 Å². The first-order chi connectivity index (χ1) is 9.47. The number of hydrogen-bond acceptors (Lipinski definition) is 3. The number of anilines is 1. The third-order valence-electron chi connectivity index (χ3n) is 2.81. The number of benzene rings is 1. The molecule has 3 nitrogen and oxygen atoms in total. The van der Waals surface area contributed by atoms with Gasteiger partial charge in [0.05, 0.1) is 9.35 Å². The predicted molar refractivity (Wildman–Crippen MR) is 83.6 cm³/mol. The highest BCUT2D eigenvalue weighted by Crippen LogP contribution is 2.22. The number of amides is 1. The molecule has 0 spiro atoms. The SMILES string of the molecule is Cc1cc(N)cc(C(=O)NCCc2ccc(Br)s2)c1F. The maximum absolute atomic E-state index is 13.9. The minimum Gasteiger partial charge on any atom is -0.399 e. The molecule has 1 heterocycles. The zero-order valence-corrected chi connectivity index (χ0v) is 13.3. The van der Waals surface area contributed by atoms with Gasteiger partial charge in [0.15, 0.2) is 0 Å². The van der Waals surface area contributed by atoms with Gasteiger partial charge in [0.1, 0.15) is 5.82 Å². The molecule has 0 atom stereocenters. The summed E-state index contributed by atoms with van der Waals surface area (Å²) in [7, 11) is 0. The predicted octanol–water partition coefficient (Wildman–Crippen LogP) is 3.51. The van der Waals surface area contributed by atoms with Gasteiger partial charge in [0, 0.05) is 17.1 Å². The van der Waals surface area contributed by atoms with Crippen molar-refractivity contribution in [3.05, 3.63) is 49.9 Å². The van der Waals surface area contributed by atoms with Crippen molar-refractivity contribution in [1.82, 2.24) is 5.32 Å². The Kier molecular flexibility index (Phi) is 4.77. The molecule has 0 fully saturated rings. The van der Waals surface area contributed by atoms with Crippen LogP contribution in [-0.4, -0.2) is 12.5 Å². The highest BCUT2D eigenvalue weighted by molar-refractivity contribution is 9.11. The minimum absolute atomic E-state index is 0.00476. The van der Waals surface area contributed by atoms with Crippen LogP contribution in [0.25, 0.3) is 0 Å². The molecule has 6 heteroatoms. The number of thiophene rings is 1. The standard InChI is InChI=1S/C14H14BrFN2OS/c1-8-6-9(17)7-11(13(8)16)14(19)18-5-4-10-2-3-12(15)20-10/h2-3,6-7H,4-5,17H2,1H3,(H,18,19). The molecule has 2 aromatic rings. The first kappa shape index (κ1) is 15.0. The number of rotatable bonds is 4. The Bertz CT molecular complexity index is 642. The number of aryl methyl sites for hydroxylation is 1. The summed E-state index contributed by atoms with van der Waals surface area (Å²) in [6, 6.07) is 6.82. The molecule has 0 radical (unpaired) electrons. The van der Waals surface area contributed by atoms with E-state index in [2.05, 4.69) is 21.2 Å². The van der Waals surface area contributed by atoms with Gasteiger partial charge in [-0.3, -0.25) is 4.79 Å². The van der Waals surface area contributed by atoms with Gasteiger partial charge in [-0.15, -0.1) is 11.3 Å². The van der Waals surface area contributed by atoms with Crippen LogP contribution in [0.5, 0.6) is 0 Å². The monoisotopic (exact) mass is 356 g/mol. The highest BCUT2D eigenvalue weighted by Gasteiger charge is 2.14. The van der Waals surface area contributed by atoms with Gasteiger partial charge in [-0.1, -0.05) is 0 Å². The fraction of sp³-hybridized carbons (Fsp3) is 0.214. The molecular formula is C14H14BrFN2OS. The molecule has 0 unspecified atom stereocenters. The summed E-state index contributed by atoms with van der Waals surface area (Å²) in [5.41, 5.74) is 6.39. The van der Waals surface area contributed by atoms with Crippen molar-refractivity contribution in [2.45, 2.75) is 13.3 Å². The largest absolute Gasteiger partial charge is 0.399 e. The lowest BCUT2D eigenvalue weighted by Crippen LogP contribution is -2.26. The molecular weight excluding hydrogens is 343 g/mol. The van der Waals surface area contributed by atoms with E-state index >= 15 is 0 Å². The lowest BCUT2D eigenvalue weighted by molar-refractivity contribution is 0.0950. The van der Waals surface area contributed by atoms with Crippen LogP contribution in [0.1, 0.15) is 20.8 Å². The highest BCUT2D eigenvalue weighted by atomic mass is 79.9. The van der Waals surface area contributed by atoms with Crippen LogP contribution in [0.15, 0.2) is 28.1 Å². The van der Waals surface area contributed by atoms with Crippen molar-refractivity contribution in [3.8, 4) is 0 Å². The molecule has 0 aliphatic rings. The van der Waals surface area contributed by atoms with Crippen LogP contribution in [-0.2, 0) is 6.42 Å². The summed E-state index contributed by atoms with van der Waals surface area (Å²) in [6.07, 6.45) is 0.713. The molecule has 0 saturated heterocycles. The van der Waals surface area contributed by atoms with Crippen molar-refractivity contribution in [2.75, 3.05) is 12.3 Å². The van der Waals surface area contributed by atoms with Crippen molar-refractivity contribution in [2.24, 2.45) is 0 Å². The smallest absolute Gasteiger partial charge is 0.254 e. The second-order valence-electron chi connectivity index (χ2n) is 4.41. The molecule has 0 saturated carbocycles. The fourth-order valence-corrected chi connectivity index (χ4v) is 3.33. The van der Waals surface area contributed by atoms with Crippen molar-refractivity contribution < 1.29 is 9.18 Å². The lowest BCUT2D eigenvalue weighted by Gasteiger charge is -2.08. The molecule has 0 bridgehead atoms. The normalized spacial score (nSPS) is 10.6. The number of nitrogens with one attached hydrogen (secondary N) is 1. The maximum Gasteiger partial charge on any atom is 0.254 e. The van der Waals surface area contributed by atoms with Crippen molar-refractivity contribution in [3.63, 3.8) is 0 Å². The molecule has 1 amide bonds. The first-order valence-corrected chi connectivity index (χ1v) is 7.66. The Hall–Kier alpha value is -1.40. The van der Waals surface area contributed by atoms with Crippen LogP contribution in [0.4, 0.5) is 10.1 Å². The zero-order valence-electron chi connectivity index (χ0n) is 10.9. The number of nitrogen functional groups attached to an aromatic ring is 1. The Morgan fingerprint density at radius 2 is 2.20 bits per heavy atom. The van der Waals surface area contributed by atoms with Crippen LogP contribution in [0.3, 0.4) is 0 Å². The summed E-state index contributed by atoms with van der Waals surface area (Å²) in [4.78, 5) is 13.1. The van der Waals surface area contributed by atoms with E-state index in [0.717, 1.165) is 8.66 Å². The van der Waals surface area contributed by atoms with Crippen LogP contribution >= 0.6 is 27.3 Å². The van der Waals surface area contributed by atoms with Gasteiger partial charge in [0.2, 0.25) is 0 Å². The second kappa shape index (κ2) is 6.37. The Labute approximate surface area is 129 Å². The van der Waals surface area contributed by atoms with Gasteiger partial charge in [-0.05, 0) is 59.1 Å². The van der Waals surface area contributed by atoms with E-state index in [1.54, 1.807) is 18.3 Å². The zero-order chi connectivity index (χ0) is 14.7. The average Bonchev–Trinajstić information content (AvgIpc) is 2.79. The average molecular weight is 357 g/mol. The number of carbonyl (C=O) groups excluding carboxylic acids is 1. The summed E-state index contributed by atoms with van der Waals surface area (Å²) >= 11 is 5.00. The van der Waals surface area contributed by atoms with E-state index < -0.39 is 11.7 Å². The van der Waals surface area contributed by atoms with Gasteiger partial charge in [0.25, 0.3) is 5.91 Å². The molecule has 1 aromatic carbocycles. The van der Waals surface area contributed by atoms with E-state index in [4.69, 9.17) is 5.73 Å². The van der Waals surface area contributed by atoms with Gasteiger partial charge in [-0.25, -0.2) is 4.39 Å². The van der Waals surface area contributed by atoms with Crippen LogP contribution < -0.4 is 11.1 Å². The van der Waals surface area contributed by atoms with Gasteiger partial charge < -0.3 is 11.1 Å². The third-order valence-corrected chi connectivity index (χ3v) is 4.49. The number of hydrogen-bond donors (Lipinski definition) is 2. The van der Waals surface area contributed by atoms with Crippen molar-refractivity contribution >= 4 is 38.9 Å². The maximum atomic E-state index is 13.9. The topological polar surface area (TPSA) is 55.1 Å². The van der Waals surface area contributed by atoms with E-state index in [0.29, 0.717) is 24.2 Å². The summed E-state index contributed by atoms with van der Waals surface area (Å²) in [6.45, 7) is 2.05. The minimum atomic E-state index is -0.518. The quantitative estimate of drug-likeness (QED) is 0.823. The van der Waals surface area contributed by atoms with E-state index in [-0.39, 0.29) is 5.56 Å². The molecule has 2 rings (SSSR count). The molecule has 20 heavy (non-hydrogen) atoms. The Balaban J connectivity index is 1.98. The van der Waals surface area contributed by atoms with Crippen LogP contribution in [0, 0.1) is 12.7 Å². The molecule has 106 valence electrons. The Morgan fingerprint density at radius 1 is 1.45 bits per heavy atom. The van der Waals surface area contributed by atoms with Crippen LogP contribution in [0.2, 0.25) is 0 Å². The van der Waals surface area contributed by atoms with Crippen molar-refractivity contribution in [1.29, 1.82) is 0 Å². The number of carbonyl (C=O) groups is 1. The van der Waals surface area contributed by atoms with E-state index in [1.807, 2.05) is 12.1 Å². The molecule has 1 aromatic heterocycles. The third kappa shape index (κ3) is 3.58. The molecule has 0 aliphatic carbocycles. The van der Waals surface area contributed by atoms with E-state index in [9.17, 15) is 9.18 Å². The summed E-state index contributed by atoms with van der Waals surface area (Å²) < 4.78 is 14.9. The number of halogens is 2. The second-order valence-corrected chi connectivity index (χ2v) is 6.96.